The van der Waals surface area contributed by atoms with Crippen molar-refractivity contribution < 1.29 is 123 Å². The minimum absolute atomic E-state index is 0. The van der Waals surface area contributed by atoms with Gasteiger partial charge in [0.15, 0.2) is 0 Å². The SMILES string of the molecule is CC12CC3CC(C)(C1)CC(c1ccc(C#Cc4cc(C(=O)[O-])cc(C(=O)[O-])c4)cc1)(C3)C2.[K+].[K+]. The fourth-order valence-electron chi connectivity index (χ4n) is 7.76. The zero-order chi connectivity index (χ0) is 22.7. The van der Waals surface area contributed by atoms with Gasteiger partial charge in [-0.25, -0.2) is 0 Å². The Morgan fingerprint density at radius 1 is 0.765 bits per heavy atom. The zero-order valence-corrected chi connectivity index (χ0v) is 26.7. The van der Waals surface area contributed by atoms with E-state index in [1.807, 2.05) is 12.1 Å². The third-order valence-corrected chi connectivity index (χ3v) is 7.88. The Kier molecular flexibility index (Phi) is 8.91. The largest absolute Gasteiger partial charge is 1.00 e. The molecule has 4 nitrogen and oxygen atoms in total. The van der Waals surface area contributed by atoms with E-state index < -0.39 is 11.9 Å². The van der Waals surface area contributed by atoms with Crippen molar-refractivity contribution in [2.75, 3.05) is 0 Å². The minimum Gasteiger partial charge on any atom is -0.545 e. The predicted octanol–water partition coefficient (Wildman–Crippen LogP) is -2.93. The van der Waals surface area contributed by atoms with Crippen molar-refractivity contribution in [1.29, 1.82) is 0 Å². The average Bonchev–Trinajstić information content (AvgIpc) is 2.69. The van der Waals surface area contributed by atoms with Crippen molar-refractivity contribution in [2.45, 2.75) is 57.8 Å². The number of carboxylic acid groups (broad SMARTS) is 2. The van der Waals surface area contributed by atoms with E-state index >= 15 is 0 Å². The molecule has 164 valence electrons. The predicted molar refractivity (Wildman–Crippen MR) is 117 cm³/mol. The first-order valence-electron chi connectivity index (χ1n) is 11.3. The van der Waals surface area contributed by atoms with Crippen LogP contribution in [0.4, 0.5) is 0 Å². The summed E-state index contributed by atoms with van der Waals surface area (Å²) in [7, 11) is 0. The molecule has 2 aromatic rings. The smallest absolute Gasteiger partial charge is 0.545 e. The average molecular weight is 505 g/mol. The standard InChI is InChI=1S/C28H28O4.2K/c1-26-12-20-13-27(2,15-26)17-28(14-20,16-26)23-7-5-18(6-8-23)3-4-19-9-21(24(29)30)11-22(10-19)25(31)32;;/h5-11,20H,12-17H2,1-2H3,(H,29,30)(H,31,32);;/q;2*+1/p-2. The molecule has 0 N–H and O–H groups in total. The molecule has 4 saturated carbocycles. The topological polar surface area (TPSA) is 80.3 Å². The number of carbonyl (C=O) groups excluding carboxylic acids is 2. The van der Waals surface area contributed by atoms with Crippen molar-refractivity contribution in [3.05, 3.63) is 70.3 Å². The maximum atomic E-state index is 11.2. The van der Waals surface area contributed by atoms with Gasteiger partial charge in [-0.15, -0.1) is 0 Å². The third-order valence-electron chi connectivity index (χ3n) is 7.88. The van der Waals surface area contributed by atoms with Crippen LogP contribution in [-0.2, 0) is 5.41 Å². The fourth-order valence-corrected chi connectivity index (χ4v) is 7.76. The molecule has 34 heavy (non-hydrogen) atoms. The van der Waals surface area contributed by atoms with Crippen LogP contribution in [0.15, 0.2) is 42.5 Å². The molecule has 0 radical (unpaired) electrons. The van der Waals surface area contributed by atoms with Gasteiger partial charge in [0.1, 0.15) is 0 Å². The van der Waals surface area contributed by atoms with E-state index in [0.717, 1.165) is 17.5 Å². The fraction of sp³-hybridized carbons (Fsp3) is 0.429. The van der Waals surface area contributed by atoms with Crippen molar-refractivity contribution >= 4 is 11.9 Å². The molecule has 6 rings (SSSR count). The summed E-state index contributed by atoms with van der Waals surface area (Å²) in [5, 5.41) is 22.4. The van der Waals surface area contributed by atoms with E-state index in [1.54, 1.807) is 0 Å². The molecule has 0 aromatic heterocycles. The molecule has 2 aromatic carbocycles. The van der Waals surface area contributed by atoms with Crippen LogP contribution in [-0.4, -0.2) is 11.9 Å². The molecular weight excluding hydrogens is 479 g/mol. The second-order valence-electron chi connectivity index (χ2n) is 11.1. The molecule has 4 aliphatic rings. The van der Waals surface area contributed by atoms with Crippen molar-refractivity contribution in [2.24, 2.45) is 16.7 Å². The zero-order valence-electron chi connectivity index (χ0n) is 20.5. The summed E-state index contributed by atoms with van der Waals surface area (Å²) in [6.07, 6.45) is 7.89. The maximum Gasteiger partial charge on any atom is 1.00 e. The van der Waals surface area contributed by atoms with E-state index in [2.05, 4.69) is 37.8 Å². The molecule has 4 aliphatic carbocycles. The van der Waals surface area contributed by atoms with Crippen LogP contribution in [0.3, 0.4) is 0 Å². The summed E-state index contributed by atoms with van der Waals surface area (Å²) in [4.78, 5) is 22.4. The van der Waals surface area contributed by atoms with Gasteiger partial charge in [0, 0.05) is 11.1 Å². The monoisotopic (exact) mass is 504 g/mol. The van der Waals surface area contributed by atoms with E-state index in [-0.39, 0.29) is 119 Å². The van der Waals surface area contributed by atoms with Gasteiger partial charge in [-0.05, 0) is 108 Å². The van der Waals surface area contributed by atoms with Crippen LogP contribution in [0.1, 0.15) is 89.8 Å². The number of carbonyl (C=O) groups is 2. The Morgan fingerprint density at radius 2 is 1.26 bits per heavy atom. The summed E-state index contributed by atoms with van der Waals surface area (Å²) in [6, 6.07) is 12.1. The van der Waals surface area contributed by atoms with Crippen molar-refractivity contribution in [1.82, 2.24) is 0 Å². The normalized spacial score (nSPS) is 30.4. The summed E-state index contributed by atoms with van der Waals surface area (Å²) in [5.74, 6) is 3.86. The summed E-state index contributed by atoms with van der Waals surface area (Å²) < 4.78 is 0. The molecule has 0 spiro atoms. The Hall–Kier alpha value is 0.213. The molecule has 0 heterocycles. The van der Waals surface area contributed by atoms with Gasteiger partial charge in [0.05, 0.1) is 11.9 Å². The quantitative estimate of drug-likeness (QED) is 0.331. The van der Waals surface area contributed by atoms with Gasteiger partial charge < -0.3 is 19.8 Å². The molecule has 0 saturated heterocycles. The second-order valence-corrected chi connectivity index (χ2v) is 11.1. The first kappa shape index (κ1) is 28.8. The molecule has 4 bridgehead atoms. The molecule has 2 atom stereocenters. The molecule has 0 amide bonds. The number of hydrogen-bond acceptors (Lipinski definition) is 4. The van der Waals surface area contributed by atoms with Gasteiger partial charge in [-0.2, -0.15) is 0 Å². The molecule has 4 fully saturated rings. The van der Waals surface area contributed by atoms with E-state index in [9.17, 15) is 19.8 Å². The van der Waals surface area contributed by atoms with E-state index in [1.165, 1.54) is 56.2 Å². The number of hydrogen-bond donors (Lipinski definition) is 0. The van der Waals surface area contributed by atoms with Crippen LogP contribution in [0.2, 0.25) is 0 Å². The number of carboxylic acids is 2. The van der Waals surface area contributed by atoms with Gasteiger partial charge in [0.2, 0.25) is 0 Å². The van der Waals surface area contributed by atoms with E-state index in [0.29, 0.717) is 16.4 Å². The Balaban J connectivity index is 0.00000162. The van der Waals surface area contributed by atoms with Crippen LogP contribution >= 0.6 is 0 Å². The minimum atomic E-state index is -1.45. The van der Waals surface area contributed by atoms with Crippen LogP contribution in [0.25, 0.3) is 0 Å². The van der Waals surface area contributed by atoms with Gasteiger partial charge in [0.25, 0.3) is 0 Å². The molecule has 2 unspecified atom stereocenters. The van der Waals surface area contributed by atoms with Crippen LogP contribution in [0, 0.1) is 28.6 Å². The molecule has 6 heteroatoms. The maximum absolute atomic E-state index is 11.2. The van der Waals surface area contributed by atoms with E-state index in [4.69, 9.17) is 0 Å². The summed E-state index contributed by atoms with van der Waals surface area (Å²) in [5.41, 5.74) is 3.23. The number of aromatic carboxylic acids is 2. The van der Waals surface area contributed by atoms with Gasteiger partial charge in [-0.3, -0.25) is 0 Å². The third kappa shape index (κ3) is 5.70. The second kappa shape index (κ2) is 10.5. The van der Waals surface area contributed by atoms with Gasteiger partial charge >= 0.3 is 103 Å². The molecular formula is C28H26K2O4. The van der Waals surface area contributed by atoms with Crippen LogP contribution in [0.5, 0.6) is 0 Å². The Labute approximate surface area is 286 Å². The number of benzene rings is 2. The van der Waals surface area contributed by atoms with Gasteiger partial charge in [-0.1, -0.05) is 37.8 Å². The Bertz CT molecular complexity index is 1140. The first-order valence-corrected chi connectivity index (χ1v) is 11.3. The van der Waals surface area contributed by atoms with Crippen molar-refractivity contribution in [3.63, 3.8) is 0 Å². The summed E-state index contributed by atoms with van der Waals surface area (Å²) >= 11 is 0. The van der Waals surface area contributed by atoms with Crippen LogP contribution < -0.4 is 113 Å². The Morgan fingerprint density at radius 3 is 1.74 bits per heavy atom. The van der Waals surface area contributed by atoms with Crippen molar-refractivity contribution in [3.8, 4) is 11.8 Å². The molecule has 0 aliphatic heterocycles. The first-order chi connectivity index (χ1) is 15.1. The summed E-state index contributed by atoms with van der Waals surface area (Å²) in [6.45, 7) is 4.96. The number of rotatable bonds is 3.